The maximum atomic E-state index is 12.7. The lowest BCUT2D eigenvalue weighted by atomic mass is 10.0. The molecule has 0 spiro atoms. The van der Waals surface area contributed by atoms with E-state index in [2.05, 4.69) is 15.8 Å². The minimum Gasteiger partial charge on any atom is -0.422 e. The van der Waals surface area contributed by atoms with E-state index in [1.54, 1.807) is 18.3 Å². The van der Waals surface area contributed by atoms with Gasteiger partial charge in [0.05, 0.1) is 16.8 Å². The van der Waals surface area contributed by atoms with Crippen LogP contribution >= 0.6 is 35.4 Å². The monoisotopic (exact) mass is 445 g/mol. The van der Waals surface area contributed by atoms with Crippen molar-refractivity contribution in [2.75, 3.05) is 6.54 Å². The van der Waals surface area contributed by atoms with Gasteiger partial charge in [-0.1, -0.05) is 53.5 Å². The average molecular weight is 446 g/mol. The van der Waals surface area contributed by atoms with Gasteiger partial charge in [0.1, 0.15) is 5.75 Å². The van der Waals surface area contributed by atoms with Crippen molar-refractivity contribution in [1.29, 1.82) is 0 Å². The second-order valence-electron chi connectivity index (χ2n) is 5.94. The summed E-state index contributed by atoms with van der Waals surface area (Å²) in [6.07, 6.45) is 1.57. The van der Waals surface area contributed by atoms with Gasteiger partial charge in [0.2, 0.25) is 0 Å². The van der Waals surface area contributed by atoms with Crippen LogP contribution in [0.5, 0.6) is 5.75 Å². The molecule has 0 radical (unpaired) electrons. The highest BCUT2D eigenvalue weighted by Gasteiger charge is 2.16. The molecule has 0 aliphatic rings. The number of halogens is 2. The van der Waals surface area contributed by atoms with E-state index in [0.29, 0.717) is 28.0 Å². The van der Waals surface area contributed by atoms with E-state index in [4.69, 9.17) is 40.2 Å². The smallest absolute Gasteiger partial charge is 0.345 e. The highest BCUT2D eigenvalue weighted by atomic mass is 35.5. The Kier molecular flexibility index (Phi) is 7.04. The number of nitrogens with one attached hydrogen (secondary N) is 2. The Labute approximate surface area is 183 Å². The van der Waals surface area contributed by atoms with Crippen LogP contribution in [-0.4, -0.2) is 23.8 Å². The minimum absolute atomic E-state index is 0.219. The van der Waals surface area contributed by atoms with Crippen molar-refractivity contribution >= 4 is 63.5 Å². The molecule has 0 aliphatic heterocycles. The SMILES string of the molecule is CCNC(=S)N/N=C\c1c(OC(=O)c2ccc(Cl)cc2Cl)ccc2ccccc12. The van der Waals surface area contributed by atoms with Crippen molar-refractivity contribution in [1.82, 2.24) is 10.7 Å². The topological polar surface area (TPSA) is 62.7 Å². The van der Waals surface area contributed by atoms with Gasteiger partial charge >= 0.3 is 5.97 Å². The van der Waals surface area contributed by atoms with Gasteiger partial charge in [0.15, 0.2) is 5.11 Å². The Morgan fingerprint density at radius 2 is 1.97 bits per heavy atom. The summed E-state index contributed by atoms with van der Waals surface area (Å²) in [6.45, 7) is 2.61. The number of hydrogen-bond donors (Lipinski definition) is 2. The number of ether oxygens (including phenoxy) is 1. The fourth-order valence-electron chi connectivity index (χ4n) is 2.66. The Bertz CT molecular complexity index is 1100. The molecule has 29 heavy (non-hydrogen) atoms. The van der Waals surface area contributed by atoms with Crippen molar-refractivity contribution in [3.63, 3.8) is 0 Å². The average Bonchev–Trinajstić information content (AvgIpc) is 2.69. The number of carbonyl (C=O) groups is 1. The van der Waals surface area contributed by atoms with Crippen LogP contribution in [0.15, 0.2) is 59.7 Å². The molecule has 0 unspecified atom stereocenters. The number of hydrogen-bond acceptors (Lipinski definition) is 4. The molecule has 0 heterocycles. The first-order chi connectivity index (χ1) is 14.0. The van der Waals surface area contributed by atoms with Gasteiger partial charge in [0, 0.05) is 17.1 Å². The van der Waals surface area contributed by atoms with Gasteiger partial charge in [-0.05, 0) is 54.2 Å². The second kappa shape index (κ2) is 9.69. The second-order valence-corrected chi connectivity index (χ2v) is 7.19. The van der Waals surface area contributed by atoms with Crippen molar-refractivity contribution in [3.05, 3.63) is 75.8 Å². The number of esters is 1. The van der Waals surface area contributed by atoms with Gasteiger partial charge < -0.3 is 10.1 Å². The van der Waals surface area contributed by atoms with Crippen molar-refractivity contribution in [3.8, 4) is 5.75 Å². The summed E-state index contributed by atoms with van der Waals surface area (Å²) >= 11 is 17.1. The van der Waals surface area contributed by atoms with E-state index in [-0.39, 0.29) is 10.6 Å². The van der Waals surface area contributed by atoms with Gasteiger partial charge in [-0.3, -0.25) is 5.43 Å². The summed E-state index contributed by atoms with van der Waals surface area (Å²) in [4.78, 5) is 12.7. The first-order valence-corrected chi connectivity index (χ1v) is 9.92. The van der Waals surface area contributed by atoms with Crippen LogP contribution in [0.3, 0.4) is 0 Å². The Hall–Kier alpha value is -2.67. The van der Waals surface area contributed by atoms with E-state index in [1.165, 1.54) is 12.1 Å². The number of rotatable bonds is 5. The maximum Gasteiger partial charge on any atom is 0.345 e. The predicted molar refractivity (Wildman–Crippen MR) is 122 cm³/mol. The van der Waals surface area contributed by atoms with Gasteiger partial charge in [-0.15, -0.1) is 0 Å². The molecule has 0 saturated heterocycles. The lowest BCUT2D eigenvalue weighted by molar-refractivity contribution is 0.0735. The summed E-state index contributed by atoms with van der Waals surface area (Å²) in [6, 6.07) is 15.9. The standard InChI is InChI=1S/C21H17Cl2N3O2S/c1-2-24-21(29)26-25-12-17-15-6-4-3-5-13(15)7-10-19(17)28-20(27)16-9-8-14(22)11-18(16)23/h3-12H,2H2,1H3,(H2,24,26,29)/b25-12-. The third-order valence-electron chi connectivity index (χ3n) is 3.98. The fraction of sp³-hybridized carbons (Fsp3) is 0.0952. The molecule has 0 atom stereocenters. The van der Waals surface area contributed by atoms with Gasteiger partial charge in [-0.25, -0.2) is 4.79 Å². The van der Waals surface area contributed by atoms with Crippen LogP contribution in [0.1, 0.15) is 22.8 Å². The van der Waals surface area contributed by atoms with Crippen LogP contribution < -0.4 is 15.5 Å². The van der Waals surface area contributed by atoms with Gasteiger partial charge in [0.25, 0.3) is 0 Å². The van der Waals surface area contributed by atoms with Crippen LogP contribution in [-0.2, 0) is 0 Å². The highest BCUT2D eigenvalue weighted by Crippen LogP contribution is 2.29. The lowest BCUT2D eigenvalue weighted by Crippen LogP contribution is -2.31. The minimum atomic E-state index is -0.590. The largest absolute Gasteiger partial charge is 0.422 e. The fourth-order valence-corrected chi connectivity index (χ4v) is 3.35. The van der Waals surface area contributed by atoms with Crippen LogP contribution in [0.4, 0.5) is 0 Å². The number of nitrogens with zero attached hydrogens (tertiary/aromatic N) is 1. The molecule has 5 nitrogen and oxygen atoms in total. The third kappa shape index (κ3) is 5.23. The zero-order valence-electron chi connectivity index (χ0n) is 15.4. The zero-order valence-corrected chi connectivity index (χ0v) is 17.7. The Morgan fingerprint density at radius 1 is 1.17 bits per heavy atom. The molecule has 0 aromatic heterocycles. The molecule has 3 rings (SSSR count). The van der Waals surface area contributed by atoms with Crippen LogP contribution in [0.2, 0.25) is 10.0 Å². The summed E-state index contributed by atoms with van der Waals surface area (Å²) < 4.78 is 5.63. The number of fused-ring (bicyclic) bond motifs is 1. The molecule has 0 saturated carbocycles. The number of benzene rings is 3. The molecule has 3 aromatic rings. The first-order valence-electron chi connectivity index (χ1n) is 8.75. The third-order valence-corrected chi connectivity index (χ3v) is 4.76. The first kappa shape index (κ1) is 21.0. The summed E-state index contributed by atoms with van der Waals surface area (Å²) in [5, 5.41) is 10.0. The van der Waals surface area contributed by atoms with E-state index in [0.717, 1.165) is 10.8 Å². The molecule has 8 heteroatoms. The number of carbonyl (C=O) groups excluding carboxylic acids is 1. The van der Waals surface area contributed by atoms with Crippen LogP contribution in [0, 0.1) is 0 Å². The molecule has 0 bridgehead atoms. The van der Waals surface area contributed by atoms with Crippen LogP contribution in [0.25, 0.3) is 10.8 Å². The van der Waals surface area contributed by atoms with Crippen molar-refractivity contribution < 1.29 is 9.53 Å². The van der Waals surface area contributed by atoms with Crippen molar-refractivity contribution in [2.24, 2.45) is 5.10 Å². The van der Waals surface area contributed by atoms with E-state index < -0.39 is 5.97 Å². The van der Waals surface area contributed by atoms with E-state index in [1.807, 2.05) is 37.3 Å². The normalized spacial score (nSPS) is 10.9. The number of hydrazone groups is 1. The molecular weight excluding hydrogens is 429 g/mol. The summed E-state index contributed by atoms with van der Waals surface area (Å²) in [5.74, 6) is -0.243. The Balaban J connectivity index is 1.95. The quantitative estimate of drug-likeness (QED) is 0.186. The van der Waals surface area contributed by atoms with E-state index >= 15 is 0 Å². The molecule has 0 fully saturated rings. The predicted octanol–water partition coefficient (Wildman–Crippen LogP) is 5.18. The summed E-state index contributed by atoms with van der Waals surface area (Å²) in [5.41, 5.74) is 3.59. The molecule has 2 N–H and O–H groups in total. The van der Waals surface area contributed by atoms with E-state index in [9.17, 15) is 4.79 Å². The van der Waals surface area contributed by atoms with Crippen molar-refractivity contribution in [2.45, 2.75) is 6.92 Å². The maximum absolute atomic E-state index is 12.7. The Morgan fingerprint density at radius 3 is 2.72 bits per heavy atom. The zero-order chi connectivity index (χ0) is 20.8. The summed E-state index contributed by atoms with van der Waals surface area (Å²) in [7, 11) is 0. The molecule has 3 aromatic carbocycles. The lowest BCUT2D eigenvalue weighted by Gasteiger charge is -2.11. The highest BCUT2D eigenvalue weighted by molar-refractivity contribution is 7.80. The number of thiocarbonyl (C=S) groups is 1. The molecule has 0 aliphatic carbocycles. The molecular formula is C21H17Cl2N3O2S. The molecule has 148 valence electrons. The molecule has 0 amide bonds. The van der Waals surface area contributed by atoms with Gasteiger partial charge in [-0.2, -0.15) is 5.10 Å².